The highest BCUT2D eigenvalue weighted by Gasteiger charge is 2.22. The topological polar surface area (TPSA) is 55.8 Å². The quantitative estimate of drug-likeness (QED) is 0.691. The molecule has 0 spiro atoms. The normalized spacial score (nSPS) is 16.4. The largest absolute Gasteiger partial charge is 0.468 e. The number of hydrogen-bond acceptors (Lipinski definition) is 4. The Morgan fingerprint density at radius 3 is 2.37 bits per heavy atom. The first kappa shape index (κ1) is 16.0. The molecule has 1 aliphatic rings. The van der Waals surface area contributed by atoms with Gasteiger partial charge in [-0.05, 0) is 26.7 Å². The number of ether oxygens (including phenoxy) is 2. The lowest BCUT2D eigenvalue weighted by Crippen LogP contribution is -2.43. The summed E-state index contributed by atoms with van der Waals surface area (Å²) in [5.74, 6) is -0.550. The molecule has 0 N–H and O–H groups in total. The number of methoxy groups -OCH3 is 1. The van der Waals surface area contributed by atoms with Crippen LogP contribution in [-0.4, -0.2) is 49.2 Å². The number of rotatable bonds is 6. The number of nitrogens with zero attached hydrogens (tertiary/aromatic N) is 1. The first-order chi connectivity index (χ1) is 9.04. The highest BCUT2D eigenvalue weighted by molar-refractivity contribution is 5.83. The van der Waals surface area contributed by atoms with Crippen LogP contribution < -0.4 is 0 Å². The zero-order valence-corrected chi connectivity index (χ0v) is 12.2. The van der Waals surface area contributed by atoms with Crippen molar-refractivity contribution in [3.63, 3.8) is 0 Å². The van der Waals surface area contributed by atoms with Crippen molar-refractivity contribution in [3.8, 4) is 0 Å². The molecule has 0 radical (unpaired) electrons. The fraction of sp³-hybridized carbons (Fsp3) is 0.857. The van der Waals surface area contributed by atoms with Crippen LogP contribution in [0.5, 0.6) is 0 Å². The van der Waals surface area contributed by atoms with Crippen LogP contribution in [0.4, 0.5) is 0 Å². The molecule has 1 amide bonds. The molecule has 19 heavy (non-hydrogen) atoms. The van der Waals surface area contributed by atoms with E-state index in [0.717, 1.165) is 12.8 Å². The average Bonchev–Trinajstić information content (AvgIpc) is 2.42. The second-order valence-electron chi connectivity index (χ2n) is 5.26. The summed E-state index contributed by atoms with van der Waals surface area (Å²) in [6.45, 7) is 3.80. The van der Waals surface area contributed by atoms with Gasteiger partial charge in [0.2, 0.25) is 5.91 Å². The van der Waals surface area contributed by atoms with Gasteiger partial charge in [0.05, 0.1) is 13.2 Å². The summed E-state index contributed by atoms with van der Waals surface area (Å²) in [5.41, 5.74) is 0. The van der Waals surface area contributed by atoms with Crippen molar-refractivity contribution >= 4 is 11.9 Å². The maximum absolute atomic E-state index is 12.1. The Hall–Kier alpha value is -1.10. The molecule has 0 bridgehead atoms. The maximum atomic E-state index is 12.1. The molecule has 0 heterocycles. The first-order valence-corrected chi connectivity index (χ1v) is 7.02. The second-order valence-corrected chi connectivity index (χ2v) is 5.26. The molecule has 0 aromatic rings. The Labute approximate surface area is 115 Å². The highest BCUT2D eigenvalue weighted by Crippen LogP contribution is 2.20. The standard InChI is InChI=1S/C14H25NO4/c1-11(2)15(9-14(17)18-3)13(16)10-19-12-7-5-4-6-8-12/h11-12H,4-10H2,1-3H3. The van der Waals surface area contributed by atoms with Crippen LogP contribution >= 0.6 is 0 Å². The number of carbonyl (C=O) groups is 2. The molecular formula is C14H25NO4. The molecule has 1 saturated carbocycles. The second kappa shape index (κ2) is 8.15. The minimum atomic E-state index is -0.403. The Balaban J connectivity index is 2.40. The first-order valence-electron chi connectivity index (χ1n) is 7.02. The van der Waals surface area contributed by atoms with Crippen molar-refractivity contribution in [2.24, 2.45) is 0 Å². The van der Waals surface area contributed by atoms with E-state index in [0.29, 0.717) is 0 Å². The van der Waals surface area contributed by atoms with Crippen LogP contribution in [0.3, 0.4) is 0 Å². The fourth-order valence-corrected chi connectivity index (χ4v) is 2.27. The van der Waals surface area contributed by atoms with E-state index in [-0.39, 0.29) is 31.2 Å². The predicted octanol–water partition coefficient (Wildman–Crippen LogP) is 1.75. The van der Waals surface area contributed by atoms with Crippen LogP contribution in [0.15, 0.2) is 0 Å². The van der Waals surface area contributed by atoms with Gasteiger partial charge in [-0.25, -0.2) is 0 Å². The summed E-state index contributed by atoms with van der Waals surface area (Å²) >= 11 is 0. The molecule has 5 heteroatoms. The molecule has 110 valence electrons. The van der Waals surface area contributed by atoms with Crippen molar-refractivity contribution in [1.29, 1.82) is 0 Å². The van der Waals surface area contributed by atoms with Gasteiger partial charge in [-0.1, -0.05) is 19.3 Å². The van der Waals surface area contributed by atoms with Gasteiger partial charge in [0.1, 0.15) is 13.2 Å². The molecular weight excluding hydrogens is 246 g/mol. The molecule has 0 aliphatic heterocycles. The van der Waals surface area contributed by atoms with Crippen molar-refractivity contribution in [3.05, 3.63) is 0 Å². The lowest BCUT2D eigenvalue weighted by atomic mass is 9.98. The highest BCUT2D eigenvalue weighted by atomic mass is 16.5. The summed E-state index contributed by atoms with van der Waals surface area (Å²) < 4.78 is 10.2. The Morgan fingerprint density at radius 1 is 1.21 bits per heavy atom. The van der Waals surface area contributed by atoms with E-state index in [1.165, 1.54) is 31.3 Å². The van der Waals surface area contributed by atoms with Crippen molar-refractivity contribution in [2.75, 3.05) is 20.3 Å². The average molecular weight is 271 g/mol. The summed E-state index contributed by atoms with van der Waals surface area (Å²) in [4.78, 5) is 24.8. The SMILES string of the molecule is COC(=O)CN(C(=O)COC1CCCCC1)C(C)C. The monoisotopic (exact) mass is 271 g/mol. The number of amides is 1. The van der Waals surface area contributed by atoms with Crippen molar-refractivity contribution in [2.45, 2.75) is 58.1 Å². The van der Waals surface area contributed by atoms with Gasteiger partial charge in [-0.3, -0.25) is 9.59 Å². The van der Waals surface area contributed by atoms with E-state index < -0.39 is 5.97 Å². The number of carbonyl (C=O) groups excluding carboxylic acids is 2. The van der Waals surface area contributed by atoms with Crippen LogP contribution in [0, 0.1) is 0 Å². The van der Waals surface area contributed by atoms with E-state index >= 15 is 0 Å². The van der Waals surface area contributed by atoms with E-state index in [2.05, 4.69) is 4.74 Å². The molecule has 0 aromatic heterocycles. The van der Waals surface area contributed by atoms with E-state index in [9.17, 15) is 9.59 Å². The lowest BCUT2D eigenvalue weighted by molar-refractivity contribution is -0.151. The molecule has 1 rings (SSSR count). The van der Waals surface area contributed by atoms with E-state index in [4.69, 9.17) is 4.74 Å². The van der Waals surface area contributed by atoms with Crippen LogP contribution in [-0.2, 0) is 19.1 Å². The van der Waals surface area contributed by atoms with E-state index in [1.807, 2.05) is 13.8 Å². The summed E-state index contributed by atoms with van der Waals surface area (Å²) in [6.07, 6.45) is 5.88. The maximum Gasteiger partial charge on any atom is 0.325 e. The zero-order valence-electron chi connectivity index (χ0n) is 12.2. The van der Waals surface area contributed by atoms with Gasteiger partial charge in [0.25, 0.3) is 0 Å². The lowest BCUT2D eigenvalue weighted by Gasteiger charge is -2.27. The van der Waals surface area contributed by atoms with Gasteiger partial charge < -0.3 is 14.4 Å². The van der Waals surface area contributed by atoms with Gasteiger partial charge in [0.15, 0.2) is 0 Å². The molecule has 5 nitrogen and oxygen atoms in total. The Morgan fingerprint density at radius 2 is 1.84 bits per heavy atom. The zero-order chi connectivity index (χ0) is 14.3. The third kappa shape index (κ3) is 5.59. The smallest absolute Gasteiger partial charge is 0.325 e. The van der Waals surface area contributed by atoms with Crippen LogP contribution in [0.2, 0.25) is 0 Å². The number of hydrogen-bond donors (Lipinski definition) is 0. The molecule has 0 unspecified atom stereocenters. The molecule has 0 aromatic carbocycles. The minimum absolute atomic E-state index is 0.0129. The summed E-state index contributed by atoms with van der Waals surface area (Å²) in [5, 5.41) is 0. The molecule has 0 atom stereocenters. The molecule has 1 fully saturated rings. The Bertz CT molecular complexity index is 298. The summed E-state index contributed by atoms with van der Waals surface area (Å²) in [6, 6.07) is -0.0402. The third-order valence-corrected chi connectivity index (χ3v) is 3.47. The van der Waals surface area contributed by atoms with Crippen LogP contribution in [0.1, 0.15) is 46.0 Å². The molecule has 0 saturated heterocycles. The third-order valence-electron chi connectivity index (χ3n) is 3.47. The van der Waals surface area contributed by atoms with Gasteiger partial charge in [-0.2, -0.15) is 0 Å². The van der Waals surface area contributed by atoms with Gasteiger partial charge in [-0.15, -0.1) is 0 Å². The minimum Gasteiger partial charge on any atom is -0.468 e. The van der Waals surface area contributed by atoms with Gasteiger partial charge >= 0.3 is 5.97 Å². The van der Waals surface area contributed by atoms with Crippen molar-refractivity contribution < 1.29 is 19.1 Å². The Kier molecular flexibility index (Phi) is 6.84. The number of esters is 1. The summed E-state index contributed by atoms with van der Waals surface area (Å²) in [7, 11) is 1.32. The van der Waals surface area contributed by atoms with E-state index in [1.54, 1.807) is 0 Å². The van der Waals surface area contributed by atoms with Crippen molar-refractivity contribution in [1.82, 2.24) is 4.90 Å². The predicted molar refractivity (Wildman–Crippen MR) is 71.7 cm³/mol. The molecule has 1 aliphatic carbocycles. The van der Waals surface area contributed by atoms with Crippen LogP contribution in [0.25, 0.3) is 0 Å². The van der Waals surface area contributed by atoms with Gasteiger partial charge in [0, 0.05) is 6.04 Å². The fourth-order valence-electron chi connectivity index (χ4n) is 2.27.